The monoisotopic (exact) mass is 327 g/mol. The highest BCUT2D eigenvalue weighted by Gasteiger charge is 2.15. The first-order chi connectivity index (χ1) is 11.6. The Morgan fingerprint density at radius 3 is 2.54 bits per heavy atom. The molecule has 0 aliphatic carbocycles. The average Bonchev–Trinajstić information content (AvgIpc) is 2.63. The van der Waals surface area contributed by atoms with Crippen LogP contribution in [0.5, 0.6) is 0 Å². The molecule has 126 valence electrons. The van der Waals surface area contributed by atoms with Crippen molar-refractivity contribution < 1.29 is 14.3 Å². The lowest BCUT2D eigenvalue weighted by Crippen LogP contribution is -2.23. The maximum absolute atomic E-state index is 12.5. The number of nitrogens with zero attached hydrogens (tertiary/aromatic N) is 2. The van der Waals surface area contributed by atoms with Gasteiger partial charge in [-0.1, -0.05) is 12.1 Å². The second-order valence-electron chi connectivity index (χ2n) is 5.06. The number of rotatable bonds is 6. The predicted molar refractivity (Wildman–Crippen MR) is 93.5 cm³/mol. The van der Waals surface area contributed by atoms with Crippen molar-refractivity contribution in [1.29, 1.82) is 0 Å². The van der Waals surface area contributed by atoms with Gasteiger partial charge in [-0.25, -0.2) is 4.79 Å². The van der Waals surface area contributed by atoms with Gasteiger partial charge in [-0.15, -0.1) is 0 Å². The molecule has 0 radical (unpaired) electrons. The summed E-state index contributed by atoms with van der Waals surface area (Å²) in [5.41, 5.74) is 1.91. The first-order valence-electron chi connectivity index (χ1n) is 7.80. The fourth-order valence-electron chi connectivity index (χ4n) is 2.40. The Hall–Kier alpha value is -2.89. The van der Waals surface area contributed by atoms with Gasteiger partial charge in [-0.2, -0.15) is 0 Å². The Morgan fingerprint density at radius 1 is 1.17 bits per heavy atom. The molecule has 0 spiro atoms. The van der Waals surface area contributed by atoms with Crippen molar-refractivity contribution in [2.45, 2.75) is 13.8 Å². The number of aromatic nitrogens is 1. The summed E-state index contributed by atoms with van der Waals surface area (Å²) in [6, 6.07) is 10.3. The number of methoxy groups -OCH3 is 1. The number of anilines is 2. The molecule has 0 saturated carbocycles. The number of amides is 1. The summed E-state index contributed by atoms with van der Waals surface area (Å²) in [5.74, 6) is -0.879. The van der Waals surface area contributed by atoms with Crippen LogP contribution in [-0.4, -0.2) is 37.1 Å². The molecule has 1 aromatic carbocycles. The van der Waals surface area contributed by atoms with Gasteiger partial charge in [0.1, 0.15) is 5.69 Å². The van der Waals surface area contributed by atoms with E-state index in [9.17, 15) is 9.59 Å². The lowest BCUT2D eigenvalue weighted by atomic mass is 10.1. The van der Waals surface area contributed by atoms with Crippen LogP contribution in [0.25, 0.3) is 0 Å². The van der Waals surface area contributed by atoms with Crippen LogP contribution in [-0.2, 0) is 4.74 Å². The number of hydrogen-bond donors (Lipinski definition) is 1. The van der Waals surface area contributed by atoms with Crippen molar-refractivity contribution in [1.82, 2.24) is 4.98 Å². The zero-order valence-corrected chi connectivity index (χ0v) is 14.1. The molecule has 6 heteroatoms. The Labute approximate surface area is 141 Å². The second kappa shape index (κ2) is 8.10. The van der Waals surface area contributed by atoms with Crippen LogP contribution in [0, 0.1) is 0 Å². The van der Waals surface area contributed by atoms with Crippen LogP contribution < -0.4 is 10.2 Å². The molecule has 1 amide bonds. The SMILES string of the molecule is CCN(CC)c1ccnc(C(=O)Nc2ccccc2C(=O)OC)c1. The van der Waals surface area contributed by atoms with Gasteiger partial charge >= 0.3 is 5.97 Å². The maximum atomic E-state index is 12.5. The summed E-state index contributed by atoms with van der Waals surface area (Å²) in [7, 11) is 1.30. The van der Waals surface area contributed by atoms with Gasteiger partial charge in [0.15, 0.2) is 0 Å². The van der Waals surface area contributed by atoms with Gasteiger partial charge in [0.2, 0.25) is 0 Å². The molecule has 0 bridgehead atoms. The summed E-state index contributed by atoms with van der Waals surface area (Å²) in [6.45, 7) is 5.78. The quantitative estimate of drug-likeness (QED) is 0.826. The number of nitrogens with one attached hydrogen (secondary N) is 1. The average molecular weight is 327 g/mol. The maximum Gasteiger partial charge on any atom is 0.339 e. The second-order valence-corrected chi connectivity index (χ2v) is 5.06. The van der Waals surface area contributed by atoms with Crippen LogP contribution in [0.15, 0.2) is 42.6 Å². The number of benzene rings is 1. The van der Waals surface area contributed by atoms with Crippen LogP contribution >= 0.6 is 0 Å². The molecule has 1 heterocycles. The lowest BCUT2D eigenvalue weighted by Gasteiger charge is -2.21. The molecule has 1 aromatic heterocycles. The summed E-state index contributed by atoms with van der Waals surface area (Å²) in [5, 5.41) is 2.72. The number of esters is 1. The van der Waals surface area contributed by atoms with E-state index in [2.05, 4.69) is 29.0 Å². The first-order valence-corrected chi connectivity index (χ1v) is 7.80. The Bertz CT molecular complexity index is 727. The topological polar surface area (TPSA) is 71.5 Å². The highest BCUT2D eigenvalue weighted by molar-refractivity contribution is 6.07. The molecule has 0 aliphatic rings. The van der Waals surface area contributed by atoms with E-state index in [0.717, 1.165) is 18.8 Å². The molecule has 0 aliphatic heterocycles. The van der Waals surface area contributed by atoms with Crippen molar-refractivity contribution >= 4 is 23.3 Å². The third-order valence-electron chi connectivity index (χ3n) is 3.69. The lowest BCUT2D eigenvalue weighted by molar-refractivity contribution is 0.0602. The van der Waals surface area contributed by atoms with E-state index < -0.39 is 5.97 Å². The molecular formula is C18H21N3O3. The minimum atomic E-state index is -0.504. The van der Waals surface area contributed by atoms with Crippen molar-refractivity contribution in [3.8, 4) is 0 Å². The fourth-order valence-corrected chi connectivity index (χ4v) is 2.40. The highest BCUT2D eigenvalue weighted by atomic mass is 16.5. The summed E-state index contributed by atoms with van der Waals surface area (Å²) < 4.78 is 4.73. The van der Waals surface area contributed by atoms with E-state index in [1.807, 2.05) is 6.07 Å². The minimum absolute atomic E-state index is 0.291. The van der Waals surface area contributed by atoms with E-state index in [1.54, 1.807) is 36.5 Å². The molecule has 2 rings (SSSR count). The van der Waals surface area contributed by atoms with Gasteiger partial charge < -0.3 is 15.0 Å². The molecule has 24 heavy (non-hydrogen) atoms. The first kappa shape index (κ1) is 17.5. The van der Waals surface area contributed by atoms with Crippen molar-refractivity contribution in [3.05, 3.63) is 53.9 Å². The third kappa shape index (κ3) is 3.90. The largest absolute Gasteiger partial charge is 0.465 e. The highest BCUT2D eigenvalue weighted by Crippen LogP contribution is 2.18. The molecule has 0 atom stereocenters. The minimum Gasteiger partial charge on any atom is -0.465 e. The van der Waals surface area contributed by atoms with Crippen molar-refractivity contribution in [2.24, 2.45) is 0 Å². The number of carbonyl (C=O) groups is 2. The van der Waals surface area contributed by atoms with E-state index in [1.165, 1.54) is 7.11 Å². The van der Waals surface area contributed by atoms with Gasteiger partial charge in [-0.05, 0) is 38.1 Å². The molecule has 0 saturated heterocycles. The smallest absolute Gasteiger partial charge is 0.339 e. The van der Waals surface area contributed by atoms with Crippen LogP contribution in [0.4, 0.5) is 11.4 Å². The van der Waals surface area contributed by atoms with Crippen LogP contribution in [0.3, 0.4) is 0 Å². The van der Waals surface area contributed by atoms with Gasteiger partial charge in [0.05, 0.1) is 18.4 Å². The molecule has 0 fully saturated rings. The molecular weight excluding hydrogens is 306 g/mol. The van der Waals surface area contributed by atoms with Gasteiger partial charge in [-0.3, -0.25) is 9.78 Å². The molecule has 6 nitrogen and oxygen atoms in total. The molecule has 0 unspecified atom stereocenters. The summed E-state index contributed by atoms with van der Waals surface area (Å²) >= 11 is 0. The van der Waals surface area contributed by atoms with Crippen LogP contribution in [0.1, 0.15) is 34.7 Å². The van der Waals surface area contributed by atoms with E-state index in [0.29, 0.717) is 16.9 Å². The van der Waals surface area contributed by atoms with Crippen molar-refractivity contribution in [3.63, 3.8) is 0 Å². The zero-order chi connectivity index (χ0) is 17.5. The number of pyridine rings is 1. The van der Waals surface area contributed by atoms with Crippen molar-refractivity contribution in [2.75, 3.05) is 30.4 Å². The molecule has 2 aromatic rings. The predicted octanol–water partition coefficient (Wildman–Crippen LogP) is 2.97. The van der Waals surface area contributed by atoms with Crippen LogP contribution in [0.2, 0.25) is 0 Å². The number of hydrogen-bond acceptors (Lipinski definition) is 5. The van der Waals surface area contributed by atoms with E-state index >= 15 is 0 Å². The number of carbonyl (C=O) groups excluding carboxylic acids is 2. The van der Waals surface area contributed by atoms with Gasteiger partial charge in [0.25, 0.3) is 5.91 Å². The summed E-state index contributed by atoms with van der Waals surface area (Å²) in [4.78, 5) is 30.5. The number of para-hydroxylation sites is 1. The zero-order valence-electron chi connectivity index (χ0n) is 14.1. The van der Waals surface area contributed by atoms with E-state index in [4.69, 9.17) is 4.74 Å². The van der Waals surface area contributed by atoms with Gasteiger partial charge in [0, 0.05) is 25.0 Å². The summed E-state index contributed by atoms with van der Waals surface area (Å²) in [6.07, 6.45) is 1.61. The Balaban J connectivity index is 2.25. The fraction of sp³-hybridized carbons (Fsp3) is 0.278. The normalized spacial score (nSPS) is 10.1. The number of ether oxygens (including phenoxy) is 1. The standard InChI is InChI=1S/C18H21N3O3/c1-4-21(5-2)13-10-11-19-16(12-13)17(22)20-15-9-7-6-8-14(15)18(23)24-3/h6-12H,4-5H2,1-3H3,(H,20,22). The van der Waals surface area contributed by atoms with E-state index in [-0.39, 0.29) is 5.91 Å². The molecule has 1 N–H and O–H groups in total. The Morgan fingerprint density at radius 2 is 1.88 bits per heavy atom. The third-order valence-corrected chi connectivity index (χ3v) is 3.69. The Kier molecular flexibility index (Phi) is 5.89.